The summed E-state index contributed by atoms with van der Waals surface area (Å²) in [6, 6.07) is 13.2. The number of hydrogen-bond donors (Lipinski definition) is 0. The minimum absolute atomic E-state index is 0.0874. The Balaban J connectivity index is 1.50. The lowest BCUT2D eigenvalue weighted by Crippen LogP contribution is -2.42. The summed E-state index contributed by atoms with van der Waals surface area (Å²) in [6.07, 6.45) is 1.67. The first-order chi connectivity index (χ1) is 11.6. The maximum absolute atomic E-state index is 13.2. The van der Waals surface area contributed by atoms with E-state index in [4.69, 9.17) is 4.74 Å². The van der Waals surface area contributed by atoms with Crippen LogP contribution < -0.4 is 4.74 Å². The molecule has 0 radical (unpaired) electrons. The van der Waals surface area contributed by atoms with Crippen molar-refractivity contribution in [2.75, 3.05) is 13.1 Å². The highest BCUT2D eigenvalue weighted by molar-refractivity contribution is 5.78. The van der Waals surface area contributed by atoms with Gasteiger partial charge in [-0.25, -0.2) is 8.78 Å². The van der Waals surface area contributed by atoms with Gasteiger partial charge in [0.15, 0.2) is 11.6 Å². The van der Waals surface area contributed by atoms with Gasteiger partial charge in [0.2, 0.25) is 5.91 Å². The third-order valence-electron chi connectivity index (χ3n) is 4.19. The van der Waals surface area contributed by atoms with E-state index in [-0.39, 0.29) is 12.0 Å². The maximum atomic E-state index is 13.2. The molecule has 1 amide bonds. The van der Waals surface area contributed by atoms with Crippen LogP contribution in [0.4, 0.5) is 8.78 Å². The van der Waals surface area contributed by atoms with Crippen LogP contribution in [-0.2, 0) is 11.2 Å². The Morgan fingerprint density at radius 3 is 2.42 bits per heavy atom. The van der Waals surface area contributed by atoms with Crippen LogP contribution in [0.15, 0.2) is 48.5 Å². The number of piperidine rings is 1. The van der Waals surface area contributed by atoms with Gasteiger partial charge >= 0.3 is 0 Å². The summed E-state index contributed by atoms with van der Waals surface area (Å²) < 4.78 is 31.8. The standard InChI is InChI=1S/C19H19F2NO2/c20-17-7-6-16(13-18(17)21)24-15-8-10-22(11-9-15)19(23)12-14-4-2-1-3-5-14/h1-7,13,15H,8-12H2. The molecule has 0 aromatic heterocycles. The topological polar surface area (TPSA) is 29.5 Å². The quantitative estimate of drug-likeness (QED) is 0.857. The molecule has 0 N–H and O–H groups in total. The first-order valence-corrected chi connectivity index (χ1v) is 8.05. The number of ether oxygens (including phenoxy) is 1. The molecule has 0 atom stereocenters. The molecule has 2 aromatic carbocycles. The summed E-state index contributed by atoms with van der Waals surface area (Å²) in [5, 5.41) is 0. The second-order valence-corrected chi connectivity index (χ2v) is 5.94. The average Bonchev–Trinajstić information content (AvgIpc) is 2.60. The van der Waals surface area contributed by atoms with E-state index in [1.807, 2.05) is 35.2 Å². The van der Waals surface area contributed by atoms with Crippen LogP contribution in [0.1, 0.15) is 18.4 Å². The molecular weight excluding hydrogens is 312 g/mol. The molecule has 0 bridgehead atoms. The zero-order valence-corrected chi connectivity index (χ0v) is 13.3. The van der Waals surface area contributed by atoms with Gasteiger partial charge in [0.1, 0.15) is 11.9 Å². The Kier molecular flexibility index (Phi) is 5.08. The molecule has 0 aliphatic carbocycles. The van der Waals surface area contributed by atoms with Crippen LogP contribution >= 0.6 is 0 Å². The first kappa shape index (κ1) is 16.4. The summed E-state index contributed by atoms with van der Waals surface area (Å²) in [5.74, 6) is -1.37. The fraction of sp³-hybridized carbons (Fsp3) is 0.316. The SMILES string of the molecule is O=C(Cc1ccccc1)N1CCC(Oc2ccc(F)c(F)c2)CC1. The van der Waals surface area contributed by atoms with Crippen molar-refractivity contribution in [3.63, 3.8) is 0 Å². The zero-order chi connectivity index (χ0) is 16.9. The number of benzene rings is 2. The fourth-order valence-electron chi connectivity index (χ4n) is 2.85. The second-order valence-electron chi connectivity index (χ2n) is 5.94. The molecular formula is C19H19F2NO2. The van der Waals surface area contributed by atoms with Crippen molar-refractivity contribution < 1.29 is 18.3 Å². The Morgan fingerprint density at radius 2 is 1.75 bits per heavy atom. The lowest BCUT2D eigenvalue weighted by atomic mass is 10.1. The molecule has 1 aliphatic heterocycles. The van der Waals surface area contributed by atoms with Crippen molar-refractivity contribution in [3.05, 3.63) is 65.7 Å². The van der Waals surface area contributed by atoms with E-state index in [2.05, 4.69) is 0 Å². The van der Waals surface area contributed by atoms with E-state index in [9.17, 15) is 13.6 Å². The molecule has 126 valence electrons. The number of hydrogen-bond acceptors (Lipinski definition) is 2. The van der Waals surface area contributed by atoms with Crippen LogP contribution in [0.25, 0.3) is 0 Å². The molecule has 2 aromatic rings. The molecule has 3 rings (SSSR count). The number of halogens is 2. The molecule has 0 unspecified atom stereocenters. The minimum Gasteiger partial charge on any atom is -0.490 e. The van der Waals surface area contributed by atoms with Crippen LogP contribution in [0, 0.1) is 11.6 Å². The zero-order valence-electron chi connectivity index (χ0n) is 13.3. The van der Waals surface area contributed by atoms with Gasteiger partial charge in [0.25, 0.3) is 0 Å². The number of likely N-dealkylation sites (tertiary alicyclic amines) is 1. The molecule has 3 nitrogen and oxygen atoms in total. The van der Waals surface area contributed by atoms with Gasteiger partial charge in [0.05, 0.1) is 6.42 Å². The Hall–Kier alpha value is -2.43. The average molecular weight is 331 g/mol. The normalized spacial score (nSPS) is 15.3. The molecule has 0 spiro atoms. The summed E-state index contributed by atoms with van der Waals surface area (Å²) in [5.41, 5.74) is 1.00. The Labute approximate surface area is 139 Å². The minimum atomic E-state index is -0.914. The van der Waals surface area contributed by atoms with Crippen LogP contribution in [0.5, 0.6) is 5.75 Å². The van der Waals surface area contributed by atoms with E-state index < -0.39 is 11.6 Å². The van der Waals surface area contributed by atoms with E-state index in [1.54, 1.807) is 0 Å². The number of nitrogens with zero attached hydrogens (tertiary/aromatic N) is 1. The summed E-state index contributed by atoms with van der Waals surface area (Å²) >= 11 is 0. The third-order valence-corrected chi connectivity index (χ3v) is 4.19. The van der Waals surface area contributed by atoms with Gasteiger partial charge in [-0.2, -0.15) is 0 Å². The van der Waals surface area contributed by atoms with Crippen molar-refractivity contribution in [1.29, 1.82) is 0 Å². The monoisotopic (exact) mass is 331 g/mol. The largest absolute Gasteiger partial charge is 0.490 e. The molecule has 1 heterocycles. The highest BCUT2D eigenvalue weighted by atomic mass is 19.2. The van der Waals surface area contributed by atoms with Crippen molar-refractivity contribution >= 4 is 5.91 Å². The van der Waals surface area contributed by atoms with Gasteiger partial charge in [-0.15, -0.1) is 0 Å². The number of carbonyl (C=O) groups is 1. The Morgan fingerprint density at radius 1 is 1.04 bits per heavy atom. The van der Waals surface area contributed by atoms with Gasteiger partial charge in [0, 0.05) is 32.0 Å². The number of rotatable bonds is 4. The lowest BCUT2D eigenvalue weighted by Gasteiger charge is -2.32. The van der Waals surface area contributed by atoms with E-state index >= 15 is 0 Å². The van der Waals surface area contributed by atoms with Gasteiger partial charge in [-0.05, 0) is 17.7 Å². The van der Waals surface area contributed by atoms with E-state index in [0.29, 0.717) is 38.1 Å². The van der Waals surface area contributed by atoms with E-state index in [0.717, 1.165) is 17.7 Å². The van der Waals surface area contributed by atoms with E-state index in [1.165, 1.54) is 6.07 Å². The Bertz CT molecular complexity index is 698. The molecule has 5 heteroatoms. The van der Waals surface area contributed by atoms with Crippen molar-refractivity contribution in [1.82, 2.24) is 4.90 Å². The number of carbonyl (C=O) groups excluding carboxylic acids is 1. The molecule has 1 aliphatic rings. The molecule has 0 saturated carbocycles. The predicted molar refractivity (Wildman–Crippen MR) is 86.7 cm³/mol. The highest BCUT2D eigenvalue weighted by Crippen LogP contribution is 2.21. The number of amides is 1. The van der Waals surface area contributed by atoms with Gasteiger partial charge in [-0.1, -0.05) is 30.3 Å². The van der Waals surface area contributed by atoms with Crippen molar-refractivity contribution in [3.8, 4) is 5.75 Å². The second kappa shape index (κ2) is 7.43. The summed E-state index contributed by atoms with van der Waals surface area (Å²) in [4.78, 5) is 14.1. The lowest BCUT2D eigenvalue weighted by molar-refractivity contribution is -0.132. The van der Waals surface area contributed by atoms with Crippen molar-refractivity contribution in [2.24, 2.45) is 0 Å². The summed E-state index contributed by atoms with van der Waals surface area (Å²) in [7, 11) is 0. The molecule has 1 fully saturated rings. The smallest absolute Gasteiger partial charge is 0.226 e. The highest BCUT2D eigenvalue weighted by Gasteiger charge is 2.24. The van der Waals surface area contributed by atoms with Crippen molar-refractivity contribution in [2.45, 2.75) is 25.4 Å². The van der Waals surface area contributed by atoms with Crippen LogP contribution in [0.3, 0.4) is 0 Å². The molecule has 1 saturated heterocycles. The maximum Gasteiger partial charge on any atom is 0.226 e. The molecule has 24 heavy (non-hydrogen) atoms. The third kappa shape index (κ3) is 4.10. The van der Waals surface area contributed by atoms with Gasteiger partial charge < -0.3 is 9.64 Å². The summed E-state index contributed by atoms with van der Waals surface area (Å²) in [6.45, 7) is 1.22. The van der Waals surface area contributed by atoms with Crippen LogP contribution in [0.2, 0.25) is 0 Å². The van der Waals surface area contributed by atoms with Crippen LogP contribution in [-0.4, -0.2) is 30.0 Å². The van der Waals surface area contributed by atoms with Gasteiger partial charge in [-0.3, -0.25) is 4.79 Å². The fourth-order valence-corrected chi connectivity index (χ4v) is 2.85. The first-order valence-electron chi connectivity index (χ1n) is 8.05. The predicted octanol–water partition coefficient (Wildman–Crippen LogP) is 3.58.